The molecule has 38 heavy (non-hydrogen) atoms. The lowest BCUT2D eigenvalue weighted by atomic mass is 10.2. The molecule has 184 valence electrons. The van der Waals surface area contributed by atoms with E-state index in [1.54, 1.807) is 0 Å². The van der Waals surface area contributed by atoms with Crippen molar-refractivity contribution in [1.29, 1.82) is 0 Å². The summed E-state index contributed by atoms with van der Waals surface area (Å²) < 4.78 is 5.99. The third-order valence-corrected chi connectivity index (χ3v) is 13.2. The second-order valence-electron chi connectivity index (χ2n) is 8.95. The zero-order chi connectivity index (χ0) is 25.8. The summed E-state index contributed by atoms with van der Waals surface area (Å²) in [4.78, 5) is 4.69. The van der Waals surface area contributed by atoms with E-state index in [4.69, 9.17) is 15.2 Å². The molecule has 0 bridgehead atoms. The summed E-state index contributed by atoms with van der Waals surface area (Å²) in [6.45, 7) is 0. The maximum Gasteiger partial charge on any atom is 0.0938 e. The normalized spacial score (nSPS) is 11.5. The van der Waals surface area contributed by atoms with Gasteiger partial charge in [0.2, 0.25) is 0 Å². The first-order valence-corrected chi connectivity index (χ1v) is 15.6. The number of pyridine rings is 1. The van der Waals surface area contributed by atoms with Crippen LogP contribution >= 0.6 is 15.1 Å². The van der Waals surface area contributed by atoms with E-state index in [2.05, 4.69) is 140 Å². The predicted octanol–water partition coefficient (Wildman–Crippen LogP) is 6.34. The number of nitrogen functional groups attached to an aromatic ring is 1. The maximum atomic E-state index is 7.05. The zero-order valence-electron chi connectivity index (χ0n) is 20.8. The van der Waals surface area contributed by atoms with Gasteiger partial charge >= 0.3 is 0 Å². The van der Waals surface area contributed by atoms with Crippen LogP contribution in [-0.4, -0.2) is 4.98 Å². The monoisotopic (exact) mass is 527 g/mol. The Labute approximate surface area is 224 Å². The van der Waals surface area contributed by atoms with Crippen molar-refractivity contribution in [3.8, 4) is 0 Å². The Morgan fingerprint density at radius 2 is 1.05 bits per heavy atom. The second kappa shape index (κ2) is 10.8. The van der Waals surface area contributed by atoms with Crippen molar-refractivity contribution >= 4 is 58.2 Å². The summed E-state index contributed by atoms with van der Waals surface area (Å²) in [6, 6.07) is 51.0. The Bertz CT molecular complexity index is 1640. The van der Waals surface area contributed by atoms with E-state index in [0.29, 0.717) is 5.69 Å². The van der Waals surface area contributed by atoms with Gasteiger partial charge in [-0.15, -0.1) is 0 Å². The average Bonchev–Trinajstić information content (AvgIpc) is 3.00. The Morgan fingerprint density at radius 1 is 0.553 bits per heavy atom. The average molecular weight is 528 g/mol. The van der Waals surface area contributed by atoms with Gasteiger partial charge in [0.25, 0.3) is 0 Å². The molecule has 0 saturated heterocycles. The molecule has 0 spiro atoms. The van der Waals surface area contributed by atoms with Gasteiger partial charge in [0.1, 0.15) is 0 Å². The molecule has 0 radical (unpaired) electrons. The molecule has 6 rings (SSSR count). The molecule has 5 aromatic carbocycles. The van der Waals surface area contributed by atoms with Gasteiger partial charge in [-0.2, -0.15) is 0 Å². The molecule has 0 aliphatic carbocycles. The highest BCUT2D eigenvalue weighted by atomic mass is 31.2. The van der Waals surface area contributed by atoms with Crippen LogP contribution in [0.4, 0.5) is 5.69 Å². The number of rotatable bonds is 6. The standard InChI is InChI=1S/C33H27N3P2/c34-32-31(24-23-26-14-13-25-35-33(26)32)38(29-19-9-3-10-20-29,30-21-11-4-12-22-30)36-37(27-15-5-1-6-16-27)28-17-7-2-8-18-28/h1-25H,34H2. The van der Waals surface area contributed by atoms with Crippen LogP contribution in [0.15, 0.2) is 156 Å². The van der Waals surface area contributed by atoms with Gasteiger partial charge in [-0.1, -0.05) is 133 Å². The largest absolute Gasteiger partial charge is 0.396 e. The molecule has 0 unspecified atom stereocenters. The Hall–Kier alpha value is -4.03. The van der Waals surface area contributed by atoms with E-state index < -0.39 is 15.1 Å². The number of hydrogen-bond donors (Lipinski definition) is 1. The number of benzene rings is 5. The maximum absolute atomic E-state index is 7.05. The van der Waals surface area contributed by atoms with Crippen LogP contribution in [0.5, 0.6) is 0 Å². The van der Waals surface area contributed by atoms with Crippen LogP contribution in [0.25, 0.3) is 10.9 Å². The van der Waals surface area contributed by atoms with Crippen molar-refractivity contribution in [2.75, 3.05) is 5.73 Å². The van der Waals surface area contributed by atoms with Gasteiger partial charge in [-0.05, 0) is 12.1 Å². The van der Waals surface area contributed by atoms with Crippen LogP contribution in [0.1, 0.15) is 0 Å². The fourth-order valence-corrected chi connectivity index (χ4v) is 12.0. The van der Waals surface area contributed by atoms with Crippen molar-refractivity contribution < 1.29 is 0 Å². The molecule has 2 N–H and O–H groups in total. The summed E-state index contributed by atoms with van der Waals surface area (Å²) in [7, 11) is -3.66. The van der Waals surface area contributed by atoms with Crippen molar-refractivity contribution in [3.63, 3.8) is 0 Å². The minimum atomic E-state index is -2.59. The highest BCUT2D eigenvalue weighted by Gasteiger charge is 2.32. The summed E-state index contributed by atoms with van der Waals surface area (Å²) in [5.74, 6) is 0. The first-order valence-electron chi connectivity index (χ1n) is 12.5. The first-order chi connectivity index (χ1) is 18.8. The molecule has 0 amide bonds. The van der Waals surface area contributed by atoms with Crippen molar-refractivity contribution in [3.05, 3.63) is 152 Å². The number of nitrogens with zero attached hydrogens (tertiary/aromatic N) is 2. The predicted molar refractivity (Wildman–Crippen MR) is 166 cm³/mol. The van der Waals surface area contributed by atoms with Crippen LogP contribution in [-0.2, 0) is 0 Å². The van der Waals surface area contributed by atoms with Gasteiger partial charge in [0.15, 0.2) is 0 Å². The van der Waals surface area contributed by atoms with Gasteiger partial charge in [-0.3, -0.25) is 9.50 Å². The molecule has 3 nitrogen and oxygen atoms in total. The first kappa shape index (κ1) is 24.3. The molecule has 0 fully saturated rings. The fourth-order valence-electron chi connectivity index (χ4n) is 4.83. The number of aromatic nitrogens is 1. The summed E-state index contributed by atoms with van der Waals surface area (Å²) in [6.07, 6.45) is 1.81. The second-order valence-corrected chi connectivity index (χ2v) is 14.1. The number of fused-ring (bicyclic) bond motifs is 1. The van der Waals surface area contributed by atoms with Crippen LogP contribution in [0.3, 0.4) is 0 Å². The van der Waals surface area contributed by atoms with Crippen molar-refractivity contribution in [2.24, 2.45) is 4.52 Å². The lowest BCUT2D eigenvalue weighted by Crippen LogP contribution is -2.28. The minimum absolute atomic E-state index is 0.698. The Balaban J connectivity index is 1.79. The number of nitrogens with two attached hydrogens (primary N) is 1. The number of anilines is 1. The molecule has 5 heteroatoms. The van der Waals surface area contributed by atoms with Crippen LogP contribution in [0, 0.1) is 0 Å². The molecule has 1 aromatic heterocycles. The highest BCUT2D eigenvalue weighted by Crippen LogP contribution is 2.56. The van der Waals surface area contributed by atoms with E-state index in [1.165, 1.54) is 21.2 Å². The minimum Gasteiger partial charge on any atom is -0.396 e. The van der Waals surface area contributed by atoms with Crippen LogP contribution < -0.4 is 32.3 Å². The molecular weight excluding hydrogens is 500 g/mol. The third-order valence-electron chi connectivity index (χ3n) is 6.62. The highest BCUT2D eigenvalue weighted by molar-refractivity contribution is 7.92. The van der Waals surface area contributed by atoms with Gasteiger partial charge in [-0.25, -0.2) is 0 Å². The third kappa shape index (κ3) is 4.45. The van der Waals surface area contributed by atoms with E-state index in [1.807, 2.05) is 12.3 Å². The lowest BCUT2D eigenvalue weighted by Gasteiger charge is -2.31. The van der Waals surface area contributed by atoms with Gasteiger partial charge < -0.3 is 5.73 Å². The lowest BCUT2D eigenvalue weighted by molar-refractivity contribution is 1.42. The van der Waals surface area contributed by atoms with Crippen molar-refractivity contribution in [1.82, 2.24) is 4.98 Å². The quantitative estimate of drug-likeness (QED) is 0.203. The SMILES string of the molecule is Nc1c(P(=NP(c2ccccc2)c2ccccc2)(c2ccccc2)c2ccccc2)ccc2cccnc12. The van der Waals surface area contributed by atoms with Crippen LogP contribution in [0.2, 0.25) is 0 Å². The fraction of sp³-hybridized carbons (Fsp3) is 0. The molecule has 0 aliphatic rings. The summed E-state index contributed by atoms with van der Waals surface area (Å²) in [5, 5.41) is 6.84. The Kier molecular flexibility index (Phi) is 6.88. The topological polar surface area (TPSA) is 51.3 Å². The molecular formula is C33H27N3P2. The van der Waals surface area contributed by atoms with E-state index in [0.717, 1.165) is 16.2 Å². The summed E-state index contributed by atoms with van der Waals surface area (Å²) >= 11 is 0. The molecule has 0 saturated carbocycles. The van der Waals surface area contributed by atoms with Crippen molar-refractivity contribution in [2.45, 2.75) is 0 Å². The molecule has 0 aliphatic heterocycles. The molecule has 6 aromatic rings. The van der Waals surface area contributed by atoms with E-state index in [9.17, 15) is 0 Å². The zero-order valence-corrected chi connectivity index (χ0v) is 22.6. The Morgan fingerprint density at radius 3 is 1.58 bits per heavy atom. The molecule has 1 heterocycles. The van der Waals surface area contributed by atoms with Gasteiger partial charge in [0, 0.05) is 38.1 Å². The van der Waals surface area contributed by atoms with E-state index >= 15 is 0 Å². The number of hydrogen-bond acceptors (Lipinski definition) is 3. The van der Waals surface area contributed by atoms with Gasteiger partial charge in [0.05, 0.1) is 26.3 Å². The summed E-state index contributed by atoms with van der Waals surface area (Å²) in [5.41, 5.74) is 8.56. The smallest absolute Gasteiger partial charge is 0.0938 e. The molecule has 0 atom stereocenters. The van der Waals surface area contributed by atoms with E-state index in [-0.39, 0.29) is 0 Å².